The van der Waals surface area contributed by atoms with Gasteiger partial charge in [0.05, 0.1) is 19.3 Å². The zero-order valence-corrected chi connectivity index (χ0v) is 15.9. The van der Waals surface area contributed by atoms with E-state index in [1.807, 2.05) is 0 Å². The van der Waals surface area contributed by atoms with Crippen molar-refractivity contribution < 1.29 is 38.6 Å². The number of nitrogens with zero attached hydrogens (tertiary/aromatic N) is 1. The second-order valence-corrected chi connectivity index (χ2v) is 7.51. The van der Waals surface area contributed by atoms with Crippen molar-refractivity contribution in [3.8, 4) is 16.9 Å². The quantitative estimate of drug-likeness (QED) is 0.355. The van der Waals surface area contributed by atoms with E-state index in [0.29, 0.717) is 11.3 Å². The van der Waals surface area contributed by atoms with Crippen LogP contribution in [0.25, 0.3) is 11.1 Å². The maximum absolute atomic E-state index is 12.2. The molecule has 1 aromatic heterocycles. The second kappa shape index (κ2) is 8.20. The van der Waals surface area contributed by atoms with E-state index >= 15 is 0 Å². The highest BCUT2D eigenvalue weighted by Crippen LogP contribution is 2.38. The molecule has 0 radical (unpaired) electrons. The van der Waals surface area contributed by atoms with E-state index in [2.05, 4.69) is 9.51 Å². The molecule has 2 heterocycles. The molecule has 1 aliphatic heterocycles. The molecular weight excluding hydrogens is 411 g/mol. The summed E-state index contributed by atoms with van der Waals surface area (Å²) in [5.41, 5.74) is -1.03. The molecule has 0 spiro atoms. The number of methoxy groups -OCH3 is 1. The monoisotopic (exact) mass is 430 g/mol. The normalized spacial score (nSPS) is 24.6. The predicted octanol–water partition coefficient (Wildman–Crippen LogP) is -1.06. The topological polar surface area (TPSA) is 181 Å². The summed E-state index contributed by atoms with van der Waals surface area (Å²) in [5, 5.41) is 20.3. The lowest BCUT2D eigenvalue weighted by Gasteiger charge is -2.18. The lowest BCUT2D eigenvalue weighted by Crippen LogP contribution is -2.38. The summed E-state index contributed by atoms with van der Waals surface area (Å²) in [5.74, 6) is 0.559. The minimum Gasteiger partial charge on any atom is -0.497 e. The Morgan fingerprint density at radius 2 is 1.83 bits per heavy atom. The summed E-state index contributed by atoms with van der Waals surface area (Å²) in [6, 6.07) is 6.42. The van der Waals surface area contributed by atoms with E-state index in [9.17, 15) is 24.4 Å². The number of benzene rings is 1. The van der Waals surface area contributed by atoms with Crippen molar-refractivity contribution in [3.63, 3.8) is 0 Å². The molecule has 1 saturated heterocycles. The molecule has 0 unspecified atom stereocenters. The minimum absolute atomic E-state index is 0.0902. The fourth-order valence-corrected chi connectivity index (χ4v) is 3.26. The largest absolute Gasteiger partial charge is 0.497 e. The van der Waals surface area contributed by atoms with Crippen LogP contribution in [0.1, 0.15) is 6.23 Å². The highest BCUT2D eigenvalue weighted by Gasteiger charge is 2.45. The zero-order chi connectivity index (χ0) is 21.3. The summed E-state index contributed by atoms with van der Waals surface area (Å²) in [7, 11) is -3.34. The average Bonchev–Trinajstić information content (AvgIpc) is 2.94. The highest BCUT2D eigenvalue weighted by molar-refractivity contribution is 7.46. The van der Waals surface area contributed by atoms with E-state index in [4.69, 9.17) is 19.3 Å². The molecule has 3 rings (SSSR count). The molecule has 4 atom stereocenters. The molecule has 2 aromatic rings. The van der Waals surface area contributed by atoms with E-state index in [1.54, 1.807) is 24.3 Å². The van der Waals surface area contributed by atoms with Crippen molar-refractivity contribution in [3.05, 3.63) is 51.3 Å². The van der Waals surface area contributed by atoms with Crippen LogP contribution in [0.15, 0.2) is 40.1 Å². The van der Waals surface area contributed by atoms with Gasteiger partial charge in [-0.05, 0) is 17.7 Å². The standard InChI is InChI=1S/C16H19N2O10P/c1-26-9-4-2-8(3-5-9)10-6-18(16(22)17-14(10)21)15-13(20)12(19)11(28-15)7-27-29(23,24)25/h2-6,11-13,15,19-20H,7H2,1H3,(H,17,21,22)(H2,23,24,25)/t11-,12-,13-,15-/m1/s1. The first-order valence-corrected chi connectivity index (χ1v) is 9.85. The van der Waals surface area contributed by atoms with Gasteiger partial charge in [-0.15, -0.1) is 0 Å². The van der Waals surface area contributed by atoms with Crippen LogP contribution in [-0.4, -0.2) is 61.6 Å². The Kier molecular flexibility index (Phi) is 6.05. The molecule has 0 bridgehead atoms. The number of aliphatic hydroxyl groups is 2. The number of hydrogen-bond donors (Lipinski definition) is 5. The summed E-state index contributed by atoms with van der Waals surface area (Å²) in [6.07, 6.45) is -4.78. The van der Waals surface area contributed by atoms with Crippen LogP contribution < -0.4 is 16.0 Å². The van der Waals surface area contributed by atoms with Crippen molar-refractivity contribution in [1.82, 2.24) is 9.55 Å². The Bertz CT molecular complexity index is 1030. The third kappa shape index (κ3) is 4.65. The van der Waals surface area contributed by atoms with Crippen molar-refractivity contribution in [2.45, 2.75) is 24.5 Å². The molecule has 1 aromatic carbocycles. The van der Waals surface area contributed by atoms with Crippen LogP contribution in [0.4, 0.5) is 0 Å². The number of aromatic nitrogens is 2. The van der Waals surface area contributed by atoms with Crippen molar-refractivity contribution in [1.29, 1.82) is 0 Å². The Balaban J connectivity index is 1.93. The molecule has 5 N–H and O–H groups in total. The van der Waals surface area contributed by atoms with E-state index in [0.717, 1.165) is 10.8 Å². The molecule has 0 amide bonds. The van der Waals surface area contributed by atoms with Gasteiger partial charge in [-0.25, -0.2) is 9.36 Å². The maximum Gasteiger partial charge on any atom is 0.469 e. The summed E-state index contributed by atoms with van der Waals surface area (Å²) in [6.45, 7) is -0.720. The SMILES string of the molecule is COc1ccc(-c2cn([C@@H]3O[C@H](COP(=O)(O)O)[C@@H](O)[C@H]3O)c(=O)[nH]c2=O)cc1. The van der Waals surface area contributed by atoms with E-state index < -0.39 is 50.2 Å². The number of aliphatic hydroxyl groups excluding tert-OH is 2. The van der Waals surface area contributed by atoms with Crippen LogP contribution in [0.3, 0.4) is 0 Å². The first-order valence-electron chi connectivity index (χ1n) is 8.32. The van der Waals surface area contributed by atoms with Crippen molar-refractivity contribution >= 4 is 7.82 Å². The van der Waals surface area contributed by atoms with Crippen LogP contribution in [0, 0.1) is 0 Å². The first kappa shape index (κ1) is 21.4. The number of hydrogen-bond acceptors (Lipinski definition) is 8. The Morgan fingerprint density at radius 1 is 1.17 bits per heavy atom. The smallest absolute Gasteiger partial charge is 0.469 e. The van der Waals surface area contributed by atoms with Crippen LogP contribution in [-0.2, 0) is 13.8 Å². The molecule has 29 heavy (non-hydrogen) atoms. The number of phosphoric ester groups is 1. The Morgan fingerprint density at radius 3 is 2.41 bits per heavy atom. The molecule has 0 saturated carbocycles. The lowest BCUT2D eigenvalue weighted by molar-refractivity contribution is -0.0542. The first-order chi connectivity index (χ1) is 13.6. The van der Waals surface area contributed by atoms with Crippen LogP contribution >= 0.6 is 7.82 Å². The van der Waals surface area contributed by atoms with Gasteiger partial charge < -0.3 is 29.5 Å². The minimum atomic E-state index is -4.83. The van der Waals surface area contributed by atoms with E-state index in [-0.39, 0.29) is 5.56 Å². The van der Waals surface area contributed by atoms with Gasteiger partial charge in [0.1, 0.15) is 24.1 Å². The molecule has 12 nitrogen and oxygen atoms in total. The van der Waals surface area contributed by atoms with Gasteiger partial charge in [0, 0.05) is 6.20 Å². The fraction of sp³-hybridized carbons (Fsp3) is 0.375. The van der Waals surface area contributed by atoms with Gasteiger partial charge in [-0.3, -0.25) is 18.9 Å². The average molecular weight is 430 g/mol. The molecular formula is C16H19N2O10P. The Hall–Kier alpha value is -2.31. The van der Waals surface area contributed by atoms with Gasteiger partial charge in [0.2, 0.25) is 0 Å². The number of ether oxygens (including phenoxy) is 2. The summed E-state index contributed by atoms with van der Waals surface area (Å²) < 4.78 is 26.4. The zero-order valence-electron chi connectivity index (χ0n) is 15.0. The number of rotatable bonds is 6. The second-order valence-electron chi connectivity index (χ2n) is 6.27. The summed E-state index contributed by atoms with van der Waals surface area (Å²) in [4.78, 5) is 44.1. The molecule has 1 aliphatic rings. The number of aromatic amines is 1. The molecule has 158 valence electrons. The number of H-pyrrole nitrogens is 1. The predicted molar refractivity (Wildman–Crippen MR) is 97.2 cm³/mol. The van der Waals surface area contributed by atoms with Gasteiger partial charge in [-0.2, -0.15) is 0 Å². The van der Waals surface area contributed by atoms with Crippen molar-refractivity contribution in [2.24, 2.45) is 0 Å². The number of phosphoric acid groups is 1. The fourth-order valence-electron chi connectivity index (χ4n) is 2.92. The van der Waals surface area contributed by atoms with Crippen LogP contribution in [0.5, 0.6) is 5.75 Å². The van der Waals surface area contributed by atoms with Gasteiger partial charge >= 0.3 is 13.5 Å². The van der Waals surface area contributed by atoms with Gasteiger partial charge in [-0.1, -0.05) is 12.1 Å². The van der Waals surface area contributed by atoms with E-state index in [1.165, 1.54) is 7.11 Å². The van der Waals surface area contributed by atoms with Crippen LogP contribution in [0.2, 0.25) is 0 Å². The maximum atomic E-state index is 12.2. The third-order valence-corrected chi connectivity index (χ3v) is 4.87. The highest BCUT2D eigenvalue weighted by atomic mass is 31.2. The molecule has 0 aliphatic carbocycles. The molecule has 1 fully saturated rings. The third-order valence-electron chi connectivity index (χ3n) is 4.39. The van der Waals surface area contributed by atoms with Gasteiger partial charge in [0.25, 0.3) is 5.56 Å². The Labute approximate surface area is 163 Å². The number of nitrogens with one attached hydrogen (secondary N) is 1. The van der Waals surface area contributed by atoms with Crippen molar-refractivity contribution in [2.75, 3.05) is 13.7 Å². The summed E-state index contributed by atoms with van der Waals surface area (Å²) >= 11 is 0. The lowest BCUT2D eigenvalue weighted by atomic mass is 10.1. The van der Waals surface area contributed by atoms with Gasteiger partial charge in [0.15, 0.2) is 6.23 Å². The molecule has 13 heteroatoms.